The average Bonchev–Trinajstić information content (AvgIpc) is 3.13. The second-order valence-corrected chi connectivity index (χ2v) is 6.46. The third kappa shape index (κ3) is 5.57. The maximum Gasteiger partial charge on any atom is 0.328 e. The third-order valence-corrected chi connectivity index (χ3v) is 4.42. The summed E-state index contributed by atoms with van der Waals surface area (Å²) in [6.07, 6.45) is 10.8. The van der Waals surface area contributed by atoms with Crippen LogP contribution in [-0.4, -0.2) is 30.2 Å². The SMILES string of the molecule is CCCCCCCCCC1(CC(=O)NC2CCOC2=O)NN1. The monoisotopic (exact) mass is 311 g/mol. The van der Waals surface area contributed by atoms with Crippen molar-refractivity contribution in [2.45, 2.75) is 82.8 Å². The lowest BCUT2D eigenvalue weighted by Gasteiger charge is -2.13. The van der Waals surface area contributed by atoms with Gasteiger partial charge in [0, 0.05) is 6.42 Å². The maximum atomic E-state index is 12.0. The summed E-state index contributed by atoms with van der Waals surface area (Å²) in [5.41, 5.74) is 5.94. The summed E-state index contributed by atoms with van der Waals surface area (Å²) >= 11 is 0. The number of nitrogens with one attached hydrogen (secondary N) is 3. The zero-order chi connectivity index (χ0) is 15.8. The van der Waals surface area contributed by atoms with Crippen LogP contribution in [0.25, 0.3) is 0 Å². The fourth-order valence-corrected chi connectivity index (χ4v) is 2.92. The van der Waals surface area contributed by atoms with E-state index in [2.05, 4.69) is 23.1 Å². The molecule has 1 unspecified atom stereocenters. The van der Waals surface area contributed by atoms with Crippen LogP contribution in [0, 0.1) is 0 Å². The first-order chi connectivity index (χ1) is 10.7. The number of amides is 1. The second kappa shape index (κ2) is 8.48. The minimum Gasteiger partial charge on any atom is -0.464 e. The molecule has 2 saturated heterocycles. The maximum absolute atomic E-state index is 12.0. The molecule has 6 heteroatoms. The molecule has 2 aliphatic heterocycles. The van der Waals surface area contributed by atoms with Crippen molar-refractivity contribution in [2.75, 3.05) is 6.61 Å². The highest BCUT2D eigenvalue weighted by atomic mass is 16.5. The van der Waals surface area contributed by atoms with Crippen molar-refractivity contribution in [1.29, 1.82) is 0 Å². The Hall–Kier alpha value is -1.14. The van der Waals surface area contributed by atoms with Gasteiger partial charge < -0.3 is 10.1 Å². The van der Waals surface area contributed by atoms with Gasteiger partial charge in [-0.15, -0.1) is 0 Å². The molecule has 1 atom stereocenters. The highest BCUT2D eigenvalue weighted by Crippen LogP contribution is 2.24. The van der Waals surface area contributed by atoms with Gasteiger partial charge in [0.05, 0.1) is 13.0 Å². The molecule has 0 aromatic rings. The van der Waals surface area contributed by atoms with Crippen LogP contribution >= 0.6 is 0 Å². The largest absolute Gasteiger partial charge is 0.464 e. The molecule has 3 N–H and O–H groups in total. The number of cyclic esters (lactones) is 1. The van der Waals surface area contributed by atoms with Gasteiger partial charge >= 0.3 is 5.97 Å². The smallest absolute Gasteiger partial charge is 0.328 e. The van der Waals surface area contributed by atoms with E-state index in [1.165, 1.54) is 38.5 Å². The van der Waals surface area contributed by atoms with E-state index in [0.717, 1.165) is 12.8 Å². The van der Waals surface area contributed by atoms with Gasteiger partial charge in [-0.05, 0) is 6.42 Å². The first-order valence-electron chi connectivity index (χ1n) is 8.65. The van der Waals surface area contributed by atoms with Gasteiger partial charge in [0.25, 0.3) is 0 Å². The molecule has 2 rings (SSSR count). The summed E-state index contributed by atoms with van der Waals surface area (Å²) in [7, 11) is 0. The number of hydrazine groups is 1. The Bertz CT molecular complexity index is 383. The molecule has 126 valence electrons. The van der Waals surface area contributed by atoms with Crippen molar-refractivity contribution >= 4 is 11.9 Å². The van der Waals surface area contributed by atoms with Crippen molar-refractivity contribution in [1.82, 2.24) is 16.2 Å². The molecule has 2 fully saturated rings. The van der Waals surface area contributed by atoms with Gasteiger partial charge in [-0.3, -0.25) is 4.79 Å². The molecule has 0 radical (unpaired) electrons. The topological polar surface area (TPSA) is 99.3 Å². The van der Waals surface area contributed by atoms with E-state index in [0.29, 0.717) is 19.4 Å². The standard InChI is InChI=1S/C16H29N3O3/c1-2-3-4-5-6-7-8-10-16(18-19-16)12-14(20)17-13-9-11-22-15(13)21/h13,18-19H,2-12H2,1H3,(H,17,20). The molecule has 22 heavy (non-hydrogen) atoms. The zero-order valence-corrected chi connectivity index (χ0v) is 13.6. The van der Waals surface area contributed by atoms with E-state index < -0.39 is 6.04 Å². The Labute approximate surface area is 132 Å². The lowest BCUT2D eigenvalue weighted by atomic mass is 10.0. The minimum absolute atomic E-state index is 0.0932. The van der Waals surface area contributed by atoms with Crippen molar-refractivity contribution in [3.63, 3.8) is 0 Å². The van der Waals surface area contributed by atoms with Crippen LogP contribution in [0.4, 0.5) is 0 Å². The highest BCUT2D eigenvalue weighted by Gasteiger charge is 2.43. The summed E-state index contributed by atoms with van der Waals surface area (Å²) in [6, 6.07) is -0.457. The van der Waals surface area contributed by atoms with Crippen LogP contribution < -0.4 is 16.2 Å². The van der Waals surface area contributed by atoms with Gasteiger partial charge in [-0.1, -0.05) is 51.9 Å². The van der Waals surface area contributed by atoms with E-state index in [-0.39, 0.29) is 17.5 Å². The number of ether oxygens (including phenoxy) is 1. The van der Waals surface area contributed by atoms with Gasteiger partial charge in [-0.25, -0.2) is 15.6 Å². The molecular weight excluding hydrogens is 282 g/mol. The van der Waals surface area contributed by atoms with E-state index in [4.69, 9.17) is 4.74 Å². The molecule has 6 nitrogen and oxygen atoms in total. The van der Waals surface area contributed by atoms with Crippen LogP contribution in [0.3, 0.4) is 0 Å². The highest BCUT2D eigenvalue weighted by molar-refractivity contribution is 5.86. The average molecular weight is 311 g/mol. The molecule has 0 spiro atoms. The number of carbonyl (C=O) groups is 2. The molecule has 0 bridgehead atoms. The van der Waals surface area contributed by atoms with Gasteiger partial charge in [0.15, 0.2) is 0 Å². The Balaban J connectivity index is 1.56. The molecule has 0 saturated carbocycles. The molecule has 2 heterocycles. The fraction of sp³-hybridized carbons (Fsp3) is 0.875. The van der Waals surface area contributed by atoms with Gasteiger partial charge in [0.2, 0.25) is 5.91 Å². The number of hydrogen-bond acceptors (Lipinski definition) is 5. The predicted molar refractivity (Wildman–Crippen MR) is 83.7 cm³/mol. The van der Waals surface area contributed by atoms with Gasteiger partial charge in [-0.2, -0.15) is 0 Å². The molecule has 2 aliphatic rings. The van der Waals surface area contributed by atoms with Crippen LogP contribution in [0.1, 0.15) is 71.1 Å². The summed E-state index contributed by atoms with van der Waals surface area (Å²) in [4.78, 5) is 23.4. The lowest BCUT2D eigenvalue weighted by Crippen LogP contribution is -2.40. The van der Waals surface area contributed by atoms with Crippen molar-refractivity contribution in [3.05, 3.63) is 0 Å². The lowest BCUT2D eigenvalue weighted by molar-refractivity contribution is -0.141. The molecular formula is C16H29N3O3. The Kier molecular flexibility index (Phi) is 6.64. The van der Waals surface area contributed by atoms with E-state index >= 15 is 0 Å². The fourth-order valence-electron chi connectivity index (χ4n) is 2.92. The van der Waals surface area contributed by atoms with Crippen LogP contribution in [0.5, 0.6) is 0 Å². The second-order valence-electron chi connectivity index (χ2n) is 6.46. The summed E-state index contributed by atoms with van der Waals surface area (Å²) in [6.45, 7) is 2.63. The number of unbranched alkanes of at least 4 members (excludes halogenated alkanes) is 6. The molecule has 1 amide bonds. The Morgan fingerprint density at radius 1 is 1.23 bits per heavy atom. The predicted octanol–water partition coefficient (Wildman–Crippen LogP) is 1.75. The Morgan fingerprint density at radius 2 is 1.91 bits per heavy atom. The van der Waals surface area contributed by atoms with Crippen LogP contribution in [-0.2, 0) is 14.3 Å². The zero-order valence-electron chi connectivity index (χ0n) is 13.6. The number of esters is 1. The quantitative estimate of drug-likeness (QED) is 0.307. The van der Waals surface area contributed by atoms with Crippen molar-refractivity contribution in [2.24, 2.45) is 0 Å². The van der Waals surface area contributed by atoms with E-state index in [1.807, 2.05) is 0 Å². The minimum atomic E-state index is -0.457. The number of hydrogen-bond donors (Lipinski definition) is 3. The molecule has 0 aromatic heterocycles. The summed E-state index contributed by atoms with van der Waals surface area (Å²) < 4.78 is 4.85. The third-order valence-electron chi connectivity index (χ3n) is 4.42. The van der Waals surface area contributed by atoms with E-state index in [9.17, 15) is 9.59 Å². The normalized spacial score (nSPS) is 22.4. The molecule has 0 aliphatic carbocycles. The first kappa shape index (κ1) is 17.2. The first-order valence-corrected chi connectivity index (χ1v) is 8.65. The van der Waals surface area contributed by atoms with E-state index in [1.54, 1.807) is 0 Å². The molecule has 0 aromatic carbocycles. The Morgan fingerprint density at radius 3 is 2.50 bits per heavy atom. The number of carbonyl (C=O) groups excluding carboxylic acids is 2. The number of rotatable bonds is 11. The van der Waals surface area contributed by atoms with Gasteiger partial charge in [0.1, 0.15) is 11.7 Å². The van der Waals surface area contributed by atoms with Crippen molar-refractivity contribution < 1.29 is 14.3 Å². The summed E-state index contributed by atoms with van der Waals surface area (Å²) in [5, 5.41) is 2.76. The van der Waals surface area contributed by atoms with Crippen molar-refractivity contribution in [3.8, 4) is 0 Å². The van der Waals surface area contributed by atoms with Crippen LogP contribution in [0.2, 0.25) is 0 Å². The summed E-state index contributed by atoms with van der Waals surface area (Å²) in [5.74, 6) is -0.407. The van der Waals surface area contributed by atoms with Crippen LogP contribution in [0.15, 0.2) is 0 Å².